The predicted octanol–water partition coefficient (Wildman–Crippen LogP) is 5.13. The molecule has 4 rings (SSSR count). The van der Waals surface area contributed by atoms with E-state index in [1.54, 1.807) is 27.7 Å². The van der Waals surface area contributed by atoms with E-state index in [-0.39, 0.29) is 11.7 Å². The Balaban J connectivity index is 1.98. The van der Waals surface area contributed by atoms with Crippen LogP contribution in [0.4, 0.5) is 0 Å². The number of thioether (sulfide) groups is 1. The van der Waals surface area contributed by atoms with Crippen molar-refractivity contribution >= 4 is 33.3 Å². The highest BCUT2D eigenvalue weighted by Crippen LogP contribution is 2.36. The molecule has 0 spiro atoms. The number of rotatable bonds is 5. The molecule has 3 aromatic rings. The molecule has 0 saturated carbocycles. The van der Waals surface area contributed by atoms with Crippen LogP contribution in [-0.4, -0.2) is 21.4 Å². The summed E-state index contributed by atoms with van der Waals surface area (Å²) in [4.78, 5) is 20.6. The molecular formula is C22H24N2O2S2. The lowest BCUT2D eigenvalue weighted by atomic mass is 9.96. The minimum Gasteiger partial charge on any atom is -0.372 e. The third-order valence-electron chi connectivity index (χ3n) is 5.14. The molecule has 0 saturated heterocycles. The van der Waals surface area contributed by atoms with Gasteiger partial charge in [0.2, 0.25) is 0 Å². The Kier molecular flexibility index (Phi) is 5.45. The Bertz CT molecular complexity index is 1100. The zero-order valence-electron chi connectivity index (χ0n) is 16.4. The summed E-state index contributed by atoms with van der Waals surface area (Å²) < 4.78 is 7.80. The Hall–Kier alpha value is -1.89. The minimum atomic E-state index is 0.0211. The molecule has 6 heteroatoms. The van der Waals surface area contributed by atoms with Crippen LogP contribution in [0, 0.1) is 12.8 Å². The molecular weight excluding hydrogens is 388 g/mol. The molecule has 2 aromatic heterocycles. The van der Waals surface area contributed by atoms with E-state index in [2.05, 4.69) is 20.4 Å². The van der Waals surface area contributed by atoms with Gasteiger partial charge >= 0.3 is 0 Å². The van der Waals surface area contributed by atoms with Gasteiger partial charge < -0.3 is 4.74 Å². The number of aryl methyl sites for hydroxylation is 1. The number of hydrogen-bond acceptors (Lipinski definition) is 5. The second-order valence-corrected chi connectivity index (χ2v) is 9.47. The Morgan fingerprint density at radius 1 is 1.43 bits per heavy atom. The van der Waals surface area contributed by atoms with Crippen LogP contribution in [0.15, 0.2) is 46.9 Å². The molecule has 1 aromatic carbocycles. The van der Waals surface area contributed by atoms with Crippen molar-refractivity contribution in [2.45, 2.75) is 45.1 Å². The van der Waals surface area contributed by atoms with Crippen LogP contribution in [0.3, 0.4) is 0 Å². The van der Waals surface area contributed by atoms with Crippen molar-refractivity contribution in [2.75, 3.05) is 5.75 Å². The molecule has 28 heavy (non-hydrogen) atoms. The lowest BCUT2D eigenvalue weighted by molar-refractivity contribution is 0.00200. The predicted molar refractivity (Wildman–Crippen MR) is 118 cm³/mol. The van der Waals surface area contributed by atoms with E-state index in [1.165, 1.54) is 0 Å². The number of para-hydroxylation sites is 1. The monoisotopic (exact) mass is 412 g/mol. The highest BCUT2D eigenvalue weighted by molar-refractivity contribution is 7.99. The third-order valence-corrected chi connectivity index (χ3v) is 7.18. The maximum absolute atomic E-state index is 13.7. The molecule has 4 nitrogen and oxygen atoms in total. The average Bonchev–Trinajstić information content (AvgIpc) is 3.05. The summed E-state index contributed by atoms with van der Waals surface area (Å²) >= 11 is 3.13. The maximum Gasteiger partial charge on any atom is 0.267 e. The minimum absolute atomic E-state index is 0.0211. The Morgan fingerprint density at radius 2 is 2.21 bits per heavy atom. The molecule has 0 amide bonds. The fraction of sp³-hybridized carbons (Fsp3) is 0.364. The van der Waals surface area contributed by atoms with E-state index in [9.17, 15) is 4.79 Å². The number of fused-ring (bicyclic) bond motifs is 3. The van der Waals surface area contributed by atoms with Gasteiger partial charge in [-0.3, -0.25) is 9.36 Å². The molecule has 1 aliphatic heterocycles. The van der Waals surface area contributed by atoms with Gasteiger partial charge in [-0.25, -0.2) is 4.98 Å². The largest absolute Gasteiger partial charge is 0.372 e. The third kappa shape index (κ3) is 3.34. The van der Waals surface area contributed by atoms with Crippen molar-refractivity contribution in [3.8, 4) is 5.69 Å². The first-order valence-electron chi connectivity index (χ1n) is 9.49. The van der Waals surface area contributed by atoms with Crippen molar-refractivity contribution < 1.29 is 4.74 Å². The number of nitrogens with zero attached hydrogens (tertiary/aromatic N) is 2. The number of thiophene rings is 1. The molecule has 0 radical (unpaired) electrons. The van der Waals surface area contributed by atoms with Crippen molar-refractivity contribution in [2.24, 2.45) is 5.92 Å². The molecule has 0 bridgehead atoms. The van der Waals surface area contributed by atoms with Crippen molar-refractivity contribution in [3.63, 3.8) is 0 Å². The fourth-order valence-corrected chi connectivity index (χ4v) is 5.50. The van der Waals surface area contributed by atoms with Crippen molar-refractivity contribution in [1.82, 2.24) is 9.55 Å². The van der Waals surface area contributed by atoms with Crippen LogP contribution in [0.25, 0.3) is 15.9 Å². The average molecular weight is 413 g/mol. The zero-order chi connectivity index (χ0) is 19.8. The molecule has 0 N–H and O–H groups in total. The molecule has 0 aliphatic carbocycles. The summed E-state index contributed by atoms with van der Waals surface area (Å²) in [6.45, 7) is 10.7. The van der Waals surface area contributed by atoms with Gasteiger partial charge in [0.15, 0.2) is 5.16 Å². The highest BCUT2D eigenvalue weighted by atomic mass is 32.2. The fourth-order valence-electron chi connectivity index (χ4n) is 3.59. The van der Waals surface area contributed by atoms with E-state index in [1.807, 2.05) is 37.3 Å². The summed E-state index contributed by atoms with van der Waals surface area (Å²) in [6, 6.07) is 7.97. The lowest BCUT2D eigenvalue weighted by Gasteiger charge is -2.26. The second kappa shape index (κ2) is 7.85. The summed E-state index contributed by atoms with van der Waals surface area (Å²) in [5.74, 6) is 1.12. The number of ether oxygens (including phenoxy) is 1. The van der Waals surface area contributed by atoms with E-state index in [4.69, 9.17) is 9.72 Å². The highest BCUT2D eigenvalue weighted by Gasteiger charge is 2.28. The Labute approximate surface area is 173 Å². The molecule has 146 valence electrons. The van der Waals surface area contributed by atoms with E-state index >= 15 is 0 Å². The van der Waals surface area contributed by atoms with Gasteiger partial charge in [0.05, 0.1) is 23.8 Å². The topological polar surface area (TPSA) is 44.1 Å². The molecule has 0 unspecified atom stereocenters. The van der Waals surface area contributed by atoms with Gasteiger partial charge in [-0.1, -0.05) is 49.9 Å². The van der Waals surface area contributed by atoms with E-state index in [0.29, 0.717) is 23.4 Å². The second-order valence-electron chi connectivity index (χ2n) is 7.40. The van der Waals surface area contributed by atoms with Crippen molar-refractivity contribution in [1.29, 1.82) is 0 Å². The molecule has 0 fully saturated rings. The first-order valence-corrected chi connectivity index (χ1v) is 11.3. The molecule has 1 atom stereocenters. The number of aromatic nitrogens is 2. The van der Waals surface area contributed by atoms with Crippen LogP contribution < -0.4 is 5.56 Å². The normalized spacial score (nSPS) is 16.5. The van der Waals surface area contributed by atoms with Gasteiger partial charge in [-0.05, 0) is 30.0 Å². The smallest absolute Gasteiger partial charge is 0.267 e. The van der Waals surface area contributed by atoms with Gasteiger partial charge in [-0.15, -0.1) is 17.9 Å². The summed E-state index contributed by atoms with van der Waals surface area (Å²) in [6.07, 6.45) is 2.76. The van der Waals surface area contributed by atoms with Gasteiger partial charge in [0, 0.05) is 17.1 Å². The Morgan fingerprint density at radius 3 is 2.93 bits per heavy atom. The first-order chi connectivity index (χ1) is 13.5. The summed E-state index contributed by atoms with van der Waals surface area (Å²) in [7, 11) is 0. The first kappa shape index (κ1) is 19.4. The summed E-state index contributed by atoms with van der Waals surface area (Å²) in [5, 5.41) is 1.48. The van der Waals surface area contributed by atoms with Crippen molar-refractivity contribution in [3.05, 3.63) is 63.3 Å². The summed E-state index contributed by atoms with van der Waals surface area (Å²) in [5.41, 5.74) is 3.09. The quantitative estimate of drug-likeness (QED) is 0.331. The number of benzene rings is 1. The molecule has 3 heterocycles. The van der Waals surface area contributed by atoms with Crippen LogP contribution in [0.5, 0.6) is 0 Å². The van der Waals surface area contributed by atoms with Gasteiger partial charge in [-0.2, -0.15) is 0 Å². The maximum atomic E-state index is 13.7. The zero-order valence-corrected chi connectivity index (χ0v) is 18.0. The van der Waals surface area contributed by atoms with Crippen LogP contribution >= 0.6 is 23.1 Å². The SMILES string of the molecule is C=CCSc1nc2sc3c(c2c(=O)n1-c1ccccc1C)C[C@H](C(C)C)OC3. The van der Waals surface area contributed by atoms with Crippen LogP contribution in [0.2, 0.25) is 0 Å². The molecule has 1 aliphatic rings. The van der Waals surface area contributed by atoms with Gasteiger partial charge in [0.1, 0.15) is 4.83 Å². The van der Waals surface area contributed by atoms with E-state index < -0.39 is 0 Å². The standard InChI is InChI=1S/C22H24N2O2S2/c1-5-10-27-22-23-20-19(15-11-17(13(2)3)26-12-18(15)28-20)21(25)24(22)16-9-7-6-8-14(16)4/h5-9,13,17H,1,10-12H2,2-4H3/t17-/m1/s1. The number of hydrogen-bond donors (Lipinski definition) is 0. The lowest BCUT2D eigenvalue weighted by Crippen LogP contribution is -2.28. The van der Waals surface area contributed by atoms with Gasteiger partial charge in [0.25, 0.3) is 5.56 Å². The van der Waals surface area contributed by atoms with Crippen LogP contribution in [-0.2, 0) is 17.8 Å². The van der Waals surface area contributed by atoms with Crippen LogP contribution in [0.1, 0.15) is 29.9 Å². The van der Waals surface area contributed by atoms with E-state index in [0.717, 1.165) is 38.3 Å².